The number of hydrogen-bond acceptors (Lipinski definition) is 3. The average molecular weight is 144 g/mol. The fourth-order valence-corrected chi connectivity index (χ4v) is 1.43. The maximum atomic E-state index is 8.71. The van der Waals surface area contributed by atoms with Crippen LogP contribution in [0, 0.1) is 0 Å². The molecule has 58 valence electrons. The van der Waals surface area contributed by atoms with Gasteiger partial charge >= 0.3 is 0 Å². The fraction of sp³-hybridized carbons (Fsp3) is 1.00. The lowest BCUT2D eigenvalue weighted by Crippen LogP contribution is -2.38. The van der Waals surface area contributed by atoms with Crippen LogP contribution in [0.25, 0.3) is 0 Å². The first-order chi connectivity index (χ1) is 4.85. The minimum absolute atomic E-state index is 0.0692. The molecule has 0 aromatic carbocycles. The second-order valence-electron chi connectivity index (χ2n) is 3.00. The predicted molar refractivity (Wildman–Crippen MR) is 34.5 cm³/mol. The summed E-state index contributed by atoms with van der Waals surface area (Å²) in [6.07, 6.45) is 3.13. The van der Waals surface area contributed by atoms with Crippen LogP contribution in [0.5, 0.6) is 0 Å². The van der Waals surface area contributed by atoms with Gasteiger partial charge in [-0.2, -0.15) is 0 Å². The van der Waals surface area contributed by atoms with Gasteiger partial charge in [0.1, 0.15) is 6.10 Å². The van der Waals surface area contributed by atoms with Crippen LogP contribution >= 0.6 is 0 Å². The Bertz CT molecular complexity index is 131. The van der Waals surface area contributed by atoms with Crippen LogP contribution in [-0.4, -0.2) is 30.2 Å². The van der Waals surface area contributed by atoms with Gasteiger partial charge in [0.15, 0.2) is 5.79 Å². The molecule has 2 aliphatic rings. The molecule has 1 atom stereocenters. The second kappa shape index (κ2) is 2.19. The Morgan fingerprint density at radius 2 is 2.30 bits per heavy atom. The molecule has 3 nitrogen and oxygen atoms in total. The van der Waals surface area contributed by atoms with E-state index < -0.39 is 0 Å². The Morgan fingerprint density at radius 3 is 2.60 bits per heavy atom. The lowest BCUT2D eigenvalue weighted by molar-refractivity contribution is -0.217. The molecule has 1 aliphatic heterocycles. The van der Waals surface area contributed by atoms with Crippen molar-refractivity contribution in [3.05, 3.63) is 0 Å². The molecule has 1 spiro atoms. The quantitative estimate of drug-likeness (QED) is 0.574. The molecular formula is C7H12O3. The number of aliphatic hydroxyl groups excluding tert-OH is 1. The molecule has 1 aliphatic carbocycles. The van der Waals surface area contributed by atoms with E-state index in [9.17, 15) is 0 Å². The number of rotatable bonds is 1. The maximum absolute atomic E-state index is 8.71. The number of aliphatic hydroxyl groups is 1. The smallest absolute Gasteiger partial charge is 0.169 e. The summed E-state index contributed by atoms with van der Waals surface area (Å²) in [6, 6.07) is 0. The van der Waals surface area contributed by atoms with Crippen LogP contribution in [-0.2, 0) is 9.47 Å². The van der Waals surface area contributed by atoms with Gasteiger partial charge in [0, 0.05) is 12.8 Å². The molecule has 10 heavy (non-hydrogen) atoms. The van der Waals surface area contributed by atoms with Crippen LogP contribution in [0.1, 0.15) is 19.3 Å². The summed E-state index contributed by atoms with van der Waals surface area (Å²) in [5, 5.41) is 8.71. The Labute approximate surface area is 59.9 Å². The van der Waals surface area contributed by atoms with Crippen molar-refractivity contribution >= 4 is 0 Å². The minimum Gasteiger partial charge on any atom is -0.394 e. The van der Waals surface area contributed by atoms with E-state index in [0.717, 1.165) is 12.8 Å². The third kappa shape index (κ3) is 0.856. The van der Waals surface area contributed by atoms with Crippen LogP contribution < -0.4 is 0 Å². The van der Waals surface area contributed by atoms with Gasteiger partial charge in [0.25, 0.3) is 0 Å². The van der Waals surface area contributed by atoms with Crippen molar-refractivity contribution in [2.45, 2.75) is 31.2 Å². The molecule has 0 aromatic rings. The fourth-order valence-electron chi connectivity index (χ4n) is 1.43. The van der Waals surface area contributed by atoms with E-state index >= 15 is 0 Å². The SMILES string of the molecule is OCC1COC2(CCC2)O1. The molecule has 1 heterocycles. The highest BCUT2D eigenvalue weighted by molar-refractivity contribution is 4.86. The zero-order chi connectivity index (χ0) is 7.03. The summed E-state index contributed by atoms with van der Waals surface area (Å²) in [5.74, 6) is -0.270. The van der Waals surface area contributed by atoms with Gasteiger partial charge in [-0.15, -0.1) is 0 Å². The van der Waals surface area contributed by atoms with E-state index in [2.05, 4.69) is 0 Å². The molecular weight excluding hydrogens is 132 g/mol. The monoisotopic (exact) mass is 144 g/mol. The largest absolute Gasteiger partial charge is 0.394 e. The number of ether oxygens (including phenoxy) is 2. The van der Waals surface area contributed by atoms with E-state index in [1.807, 2.05) is 0 Å². The standard InChI is InChI=1S/C7H12O3/c8-4-6-5-9-7(10-6)2-1-3-7/h6,8H,1-5H2. The molecule has 0 aromatic heterocycles. The molecule has 2 fully saturated rings. The summed E-state index contributed by atoms with van der Waals surface area (Å²) in [4.78, 5) is 0. The van der Waals surface area contributed by atoms with Crippen LogP contribution in [0.3, 0.4) is 0 Å². The van der Waals surface area contributed by atoms with Gasteiger partial charge in [0.05, 0.1) is 13.2 Å². The first-order valence-corrected chi connectivity index (χ1v) is 3.77. The van der Waals surface area contributed by atoms with Crippen molar-refractivity contribution in [2.24, 2.45) is 0 Å². The third-order valence-electron chi connectivity index (χ3n) is 2.23. The summed E-state index contributed by atoms with van der Waals surface area (Å²) in [5.41, 5.74) is 0. The third-order valence-corrected chi connectivity index (χ3v) is 2.23. The van der Waals surface area contributed by atoms with Crippen LogP contribution in [0.4, 0.5) is 0 Å². The average Bonchev–Trinajstić information content (AvgIpc) is 2.29. The van der Waals surface area contributed by atoms with Gasteiger partial charge in [-0.3, -0.25) is 0 Å². The van der Waals surface area contributed by atoms with E-state index in [4.69, 9.17) is 14.6 Å². The Balaban J connectivity index is 1.92. The summed E-state index contributed by atoms with van der Waals surface area (Å²) < 4.78 is 10.9. The van der Waals surface area contributed by atoms with Gasteiger partial charge in [0.2, 0.25) is 0 Å². The summed E-state index contributed by atoms with van der Waals surface area (Å²) in [6.45, 7) is 0.651. The lowest BCUT2D eigenvalue weighted by Gasteiger charge is -2.35. The molecule has 0 amide bonds. The van der Waals surface area contributed by atoms with E-state index in [-0.39, 0.29) is 18.5 Å². The maximum Gasteiger partial charge on any atom is 0.169 e. The Morgan fingerprint density at radius 1 is 1.50 bits per heavy atom. The van der Waals surface area contributed by atoms with E-state index in [1.54, 1.807) is 0 Å². The normalized spacial score (nSPS) is 36.3. The highest BCUT2D eigenvalue weighted by Crippen LogP contribution is 2.41. The second-order valence-corrected chi connectivity index (χ2v) is 3.00. The molecule has 1 N–H and O–H groups in total. The molecule has 1 saturated carbocycles. The van der Waals surface area contributed by atoms with Crippen molar-refractivity contribution in [1.82, 2.24) is 0 Å². The molecule has 3 heteroatoms. The first kappa shape index (κ1) is 6.58. The molecule has 1 unspecified atom stereocenters. The Kier molecular flexibility index (Phi) is 1.44. The zero-order valence-electron chi connectivity index (χ0n) is 5.88. The summed E-state index contributed by atoms with van der Waals surface area (Å²) in [7, 11) is 0. The van der Waals surface area contributed by atoms with E-state index in [1.165, 1.54) is 6.42 Å². The molecule has 2 rings (SSSR count). The van der Waals surface area contributed by atoms with Gasteiger partial charge in [-0.1, -0.05) is 0 Å². The predicted octanol–water partition coefficient (Wildman–Crippen LogP) is 0.274. The molecule has 0 bridgehead atoms. The molecule has 0 radical (unpaired) electrons. The zero-order valence-corrected chi connectivity index (χ0v) is 5.88. The van der Waals surface area contributed by atoms with Gasteiger partial charge in [-0.05, 0) is 6.42 Å². The topological polar surface area (TPSA) is 38.7 Å². The van der Waals surface area contributed by atoms with Crippen molar-refractivity contribution in [3.8, 4) is 0 Å². The minimum atomic E-state index is -0.270. The summed E-state index contributed by atoms with van der Waals surface area (Å²) >= 11 is 0. The number of hydrogen-bond donors (Lipinski definition) is 1. The Hall–Kier alpha value is -0.120. The lowest BCUT2D eigenvalue weighted by atomic mass is 9.91. The first-order valence-electron chi connectivity index (χ1n) is 3.77. The van der Waals surface area contributed by atoms with Crippen LogP contribution in [0.2, 0.25) is 0 Å². The highest BCUT2D eigenvalue weighted by Gasteiger charge is 2.46. The highest BCUT2D eigenvalue weighted by atomic mass is 16.7. The molecule has 1 saturated heterocycles. The van der Waals surface area contributed by atoms with E-state index in [0.29, 0.717) is 6.61 Å². The van der Waals surface area contributed by atoms with Crippen molar-refractivity contribution < 1.29 is 14.6 Å². The van der Waals surface area contributed by atoms with Crippen molar-refractivity contribution in [3.63, 3.8) is 0 Å². The van der Waals surface area contributed by atoms with Crippen molar-refractivity contribution in [1.29, 1.82) is 0 Å². The van der Waals surface area contributed by atoms with Crippen LogP contribution in [0.15, 0.2) is 0 Å². The van der Waals surface area contributed by atoms with Gasteiger partial charge < -0.3 is 14.6 Å². The van der Waals surface area contributed by atoms with Gasteiger partial charge in [-0.25, -0.2) is 0 Å². The van der Waals surface area contributed by atoms with Crippen molar-refractivity contribution in [2.75, 3.05) is 13.2 Å².